The van der Waals surface area contributed by atoms with Gasteiger partial charge in [-0.3, -0.25) is 19.9 Å². The van der Waals surface area contributed by atoms with E-state index in [0.29, 0.717) is 17.0 Å². The van der Waals surface area contributed by atoms with Gasteiger partial charge >= 0.3 is 0 Å². The molecule has 0 amide bonds. The highest BCUT2D eigenvalue weighted by Crippen LogP contribution is 2.54. The van der Waals surface area contributed by atoms with Crippen LogP contribution in [0.2, 0.25) is 0 Å². The zero-order chi connectivity index (χ0) is 22.9. The van der Waals surface area contributed by atoms with Gasteiger partial charge in [0.05, 0.1) is 5.69 Å². The van der Waals surface area contributed by atoms with Crippen molar-refractivity contribution in [1.29, 1.82) is 0 Å². The summed E-state index contributed by atoms with van der Waals surface area (Å²) in [5.41, 5.74) is 11.3. The molecule has 4 aromatic rings. The number of benzene rings is 1. The van der Waals surface area contributed by atoms with E-state index in [1.54, 1.807) is 0 Å². The van der Waals surface area contributed by atoms with Crippen LogP contribution in [0, 0.1) is 5.41 Å². The van der Waals surface area contributed by atoms with Crippen molar-refractivity contribution in [3.05, 3.63) is 81.5 Å². The van der Waals surface area contributed by atoms with Gasteiger partial charge in [0, 0.05) is 36.4 Å². The van der Waals surface area contributed by atoms with Crippen LogP contribution in [0.3, 0.4) is 0 Å². The van der Waals surface area contributed by atoms with Gasteiger partial charge in [-0.25, -0.2) is 0 Å². The molecule has 1 aromatic carbocycles. The number of nitrogens with one attached hydrogen (secondary N) is 2. The predicted molar refractivity (Wildman–Crippen MR) is 130 cm³/mol. The topological polar surface area (TPSA) is 117 Å². The maximum absolute atomic E-state index is 13.3. The summed E-state index contributed by atoms with van der Waals surface area (Å²) in [4.78, 5) is 27.8. The highest BCUT2D eigenvalue weighted by molar-refractivity contribution is 5.80. The number of nitrogens with zero attached hydrogens (tertiary/aromatic N) is 4. The number of hydrogen-bond acceptors (Lipinski definition) is 6. The van der Waals surface area contributed by atoms with Gasteiger partial charge in [-0.2, -0.15) is 10.1 Å². The molecule has 1 spiro atoms. The second-order valence-corrected chi connectivity index (χ2v) is 10.2. The molecule has 3 aliphatic rings. The van der Waals surface area contributed by atoms with Crippen molar-refractivity contribution in [2.45, 2.75) is 43.6 Å². The van der Waals surface area contributed by atoms with Crippen molar-refractivity contribution in [2.75, 3.05) is 18.0 Å². The monoisotopic (exact) mass is 453 g/mol. The third-order valence-corrected chi connectivity index (χ3v) is 8.46. The quantitative estimate of drug-likeness (QED) is 0.439. The van der Waals surface area contributed by atoms with Gasteiger partial charge in [-0.05, 0) is 54.7 Å². The average Bonchev–Trinajstić information content (AvgIpc) is 3.49. The van der Waals surface area contributed by atoms with E-state index in [4.69, 9.17) is 10.7 Å². The maximum atomic E-state index is 13.3. The van der Waals surface area contributed by atoms with Gasteiger partial charge in [-0.15, -0.1) is 0 Å². The number of H-pyrrole nitrogens is 2. The molecule has 0 unspecified atom stereocenters. The van der Waals surface area contributed by atoms with E-state index in [1.807, 2.05) is 30.5 Å². The smallest absolute Gasteiger partial charge is 0.263 e. The molecule has 172 valence electrons. The first-order valence-electron chi connectivity index (χ1n) is 12.1. The second-order valence-electron chi connectivity index (χ2n) is 10.2. The van der Waals surface area contributed by atoms with Gasteiger partial charge in [0.15, 0.2) is 5.65 Å². The number of aromatic amines is 2. The molecule has 0 bridgehead atoms. The summed E-state index contributed by atoms with van der Waals surface area (Å²) in [5.74, 6) is 0.595. The van der Waals surface area contributed by atoms with Crippen LogP contribution in [-0.4, -0.2) is 38.2 Å². The summed E-state index contributed by atoms with van der Waals surface area (Å²) in [5, 5.41) is 8.21. The number of hydrogen-bond donors (Lipinski definition) is 3. The van der Waals surface area contributed by atoms with Crippen LogP contribution < -0.4 is 16.2 Å². The number of rotatable bonds is 3. The molecule has 3 aromatic heterocycles. The van der Waals surface area contributed by atoms with Gasteiger partial charge in [0.1, 0.15) is 5.39 Å². The molecule has 7 rings (SSSR count). The zero-order valence-electron chi connectivity index (χ0n) is 18.9. The lowest BCUT2D eigenvalue weighted by atomic mass is 9.73. The van der Waals surface area contributed by atoms with Gasteiger partial charge in [0.2, 0.25) is 5.95 Å². The largest absolute Gasteiger partial charge is 0.342 e. The Morgan fingerprint density at radius 3 is 2.56 bits per heavy atom. The number of nitrogens with two attached hydrogens (primary N) is 1. The first kappa shape index (κ1) is 19.9. The average molecular weight is 454 g/mol. The molecule has 0 radical (unpaired) electrons. The molecule has 2 aliphatic carbocycles. The Bertz CT molecular complexity index is 1450. The van der Waals surface area contributed by atoms with Crippen LogP contribution in [0.15, 0.2) is 53.5 Å². The Kier molecular flexibility index (Phi) is 4.09. The molecule has 1 saturated heterocycles. The number of aromatic nitrogens is 5. The molecule has 8 heteroatoms. The highest BCUT2D eigenvalue weighted by atomic mass is 16.1. The lowest BCUT2D eigenvalue weighted by Gasteiger charge is -2.42. The maximum Gasteiger partial charge on any atom is 0.263 e. The minimum absolute atomic E-state index is 0.00875. The fraction of sp³-hybridized carbons (Fsp3) is 0.385. The first-order valence-corrected chi connectivity index (χ1v) is 12.1. The van der Waals surface area contributed by atoms with E-state index < -0.39 is 0 Å². The van der Waals surface area contributed by atoms with E-state index in [9.17, 15) is 4.79 Å². The Morgan fingerprint density at radius 2 is 1.82 bits per heavy atom. The molecule has 1 aliphatic heterocycles. The van der Waals surface area contributed by atoms with E-state index in [2.05, 4.69) is 43.3 Å². The van der Waals surface area contributed by atoms with E-state index >= 15 is 0 Å². The summed E-state index contributed by atoms with van der Waals surface area (Å²) < 4.78 is 0. The van der Waals surface area contributed by atoms with Crippen LogP contribution in [0.4, 0.5) is 5.95 Å². The molecule has 4 heterocycles. The summed E-state index contributed by atoms with van der Waals surface area (Å²) in [6, 6.07) is 14.4. The number of piperidine rings is 1. The Morgan fingerprint density at radius 1 is 1.03 bits per heavy atom. The van der Waals surface area contributed by atoms with Crippen molar-refractivity contribution in [3.8, 4) is 0 Å². The van der Waals surface area contributed by atoms with Crippen molar-refractivity contribution >= 4 is 17.0 Å². The molecule has 1 atom stereocenters. The number of pyridine rings is 1. The van der Waals surface area contributed by atoms with E-state index in [1.165, 1.54) is 11.1 Å². The van der Waals surface area contributed by atoms with Gasteiger partial charge in [0.25, 0.3) is 5.56 Å². The number of fused-ring (bicyclic) bond motifs is 2. The first-order chi connectivity index (χ1) is 16.6. The minimum atomic E-state index is -0.161. The van der Waals surface area contributed by atoms with Gasteiger partial charge < -0.3 is 10.6 Å². The van der Waals surface area contributed by atoms with Crippen LogP contribution in [0.5, 0.6) is 0 Å². The lowest BCUT2D eigenvalue weighted by Crippen LogP contribution is -2.45. The Hall–Kier alpha value is -3.52. The molecular formula is C26H27N7O. The fourth-order valence-corrected chi connectivity index (χ4v) is 6.29. The van der Waals surface area contributed by atoms with E-state index in [-0.39, 0.29) is 22.4 Å². The van der Waals surface area contributed by atoms with Crippen LogP contribution >= 0.6 is 0 Å². The predicted octanol–water partition coefficient (Wildman–Crippen LogP) is 2.96. The molecule has 8 nitrogen and oxygen atoms in total. The SMILES string of the molecule is N[C@@H]1c2cccnc2CC12CCN(c1nc3n[nH]c(C4(c5ccccc5)CC4)c3c(=O)[nH]1)CC2. The summed E-state index contributed by atoms with van der Waals surface area (Å²) >= 11 is 0. The lowest BCUT2D eigenvalue weighted by molar-refractivity contribution is 0.186. The van der Waals surface area contributed by atoms with E-state index in [0.717, 1.165) is 56.6 Å². The van der Waals surface area contributed by atoms with Crippen molar-refractivity contribution in [2.24, 2.45) is 11.1 Å². The standard InChI is InChI=1S/C26H27N7O/c27-20-17-7-4-12-28-18(17)15-25(20)10-13-33(14-11-25)24-29-22-19(23(34)30-24)21(31-32-22)26(8-9-26)16-5-2-1-3-6-16/h1-7,12,20H,8-11,13-15,27H2,(H2,29,30,31,32,34)/t20-/m1/s1. The molecule has 2 fully saturated rings. The third kappa shape index (κ3) is 2.75. The summed E-state index contributed by atoms with van der Waals surface area (Å²) in [7, 11) is 0. The molecule has 34 heavy (non-hydrogen) atoms. The Labute approximate surface area is 196 Å². The van der Waals surface area contributed by atoms with Crippen molar-refractivity contribution in [3.63, 3.8) is 0 Å². The summed E-state index contributed by atoms with van der Waals surface area (Å²) in [6.45, 7) is 1.59. The molecule has 1 saturated carbocycles. The van der Waals surface area contributed by atoms with Crippen LogP contribution in [0.25, 0.3) is 11.0 Å². The fourth-order valence-electron chi connectivity index (χ4n) is 6.29. The minimum Gasteiger partial charge on any atom is -0.342 e. The molecular weight excluding hydrogens is 426 g/mol. The van der Waals surface area contributed by atoms with Crippen molar-refractivity contribution in [1.82, 2.24) is 25.1 Å². The number of anilines is 1. The second kappa shape index (κ2) is 6.99. The van der Waals surface area contributed by atoms with Crippen molar-refractivity contribution < 1.29 is 0 Å². The Balaban J connectivity index is 1.17. The van der Waals surface area contributed by atoms with Crippen LogP contribution in [-0.2, 0) is 11.8 Å². The summed E-state index contributed by atoms with van der Waals surface area (Å²) in [6.07, 6.45) is 6.66. The third-order valence-electron chi connectivity index (χ3n) is 8.46. The normalized spacial score (nSPS) is 22.3. The zero-order valence-corrected chi connectivity index (χ0v) is 18.9. The highest BCUT2D eigenvalue weighted by Gasteiger charge is 2.49. The van der Waals surface area contributed by atoms with Crippen LogP contribution in [0.1, 0.15) is 54.2 Å². The molecule has 4 N–H and O–H groups in total. The van der Waals surface area contributed by atoms with Gasteiger partial charge in [-0.1, -0.05) is 36.4 Å².